The summed E-state index contributed by atoms with van der Waals surface area (Å²) in [5.74, 6) is -3.80. The largest absolute Gasteiger partial charge is 0.480 e. The fraction of sp³-hybridized carbons (Fsp3) is 0.452. The van der Waals surface area contributed by atoms with Gasteiger partial charge < -0.3 is 29.5 Å². The number of carbonyl (C=O) groups is 5. The first-order chi connectivity index (χ1) is 26.5. The summed E-state index contributed by atoms with van der Waals surface area (Å²) >= 11 is 0. The molecule has 2 aliphatic heterocycles. The van der Waals surface area contributed by atoms with E-state index in [1.165, 1.54) is 9.80 Å². The van der Waals surface area contributed by atoms with Gasteiger partial charge in [-0.2, -0.15) is 0 Å². The van der Waals surface area contributed by atoms with E-state index < -0.39 is 66.9 Å². The number of benzene rings is 3. The summed E-state index contributed by atoms with van der Waals surface area (Å²) in [4.78, 5) is 69.0. The van der Waals surface area contributed by atoms with Crippen LogP contribution in [-0.4, -0.2) is 101 Å². The number of carboxylic acids is 2. The molecule has 0 aromatic heterocycles. The fourth-order valence-electron chi connectivity index (χ4n) is 7.50. The van der Waals surface area contributed by atoms with E-state index in [4.69, 9.17) is 9.47 Å². The van der Waals surface area contributed by atoms with Crippen LogP contribution in [0, 0.1) is 0 Å². The Bertz CT molecular complexity index is 1760. The van der Waals surface area contributed by atoms with Crippen molar-refractivity contribution in [3.8, 4) is 0 Å². The van der Waals surface area contributed by atoms with Gasteiger partial charge in [-0.15, -0.1) is 0 Å². The Morgan fingerprint density at radius 1 is 0.836 bits per heavy atom. The van der Waals surface area contributed by atoms with Crippen molar-refractivity contribution in [2.75, 3.05) is 24.6 Å². The van der Waals surface area contributed by atoms with Crippen LogP contribution in [0.3, 0.4) is 0 Å². The van der Waals surface area contributed by atoms with Gasteiger partial charge in [0.15, 0.2) is 6.23 Å². The Labute approximate surface area is 322 Å². The molecule has 55 heavy (non-hydrogen) atoms. The van der Waals surface area contributed by atoms with Crippen LogP contribution in [0.4, 0.5) is 5.69 Å². The number of rotatable bonds is 18. The highest BCUT2D eigenvalue weighted by atomic mass is 16.6. The topological polar surface area (TPSA) is 175 Å². The van der Waals surface area contributed by atoms with Crippen molar-refractivity contribution in [3.05, 3.63) is 102 Å². The van der Waals surface area contributed by atoms with E-state index in [2.05, 4.69) is 10.6 Å². The number of carbonyl (C=O) groups excluding carboxylic acids is 3. The highest BCUT2D eigenvalue weighted by Gasteiger charge is 2.43. The second kappa shape index (κ2) is 19.9. The van der Waals surface area contributed by atoms with Crippen LogP contribution >= 0.6 is 0 Å². The summed E-state index contributed by atoms with van der Waals surface area (Å²) < 4.78 is 11.6. The number of amides is 1. The van der Waals surface area contributed by atoms with Crippen LogP contribution in [0.25, 0.3) is 0 Å². The first-order valence-corrected chi connectivity index (χ1v) is 19.1. The van der Waals surface area contributed by atoms with Crippen molar-refractivity contribution in [1.82, 2.24) is 15.5 Å². The van der Waals surface area contributed by atoms with Crippen LogP contribution in [0.2, 0.25) is 0 Å². The molecule has 0 bridgehead atoms. The lowest BCUT2D eigenvalue weighted by Crippen LogP contribution is -2.58. The number of aliphatic carboxylic acids is 2. The first kappa shape index (κ1) is 40.9. The summed E-state index contributed by atoms with van der Waals surface area (Å²) in [5, 5.41) is 26.7. The third-order valence-corrected chi connectivity index (χ3v) is 10.3. The minimum Gasteiger partial charge on any atom is -0.480 e. The molecule has 1 unspecified atom stereocenters. The molecule has 1 saturated heterocycles. The van der Waals surface area contributed by atoms with E-state index in [1.807, 2.05) is 72.8 Å². The highest BCUT2D eigenvalue weighted by Crippen LogP contribution is 2.32. The van der Waals surface area contributed by atoms with Crippen molar-refractivity contribution >= 4 is 35.5 Å². The molecule has 3 aromatic carbocycles. The van der Waals surface area contributed by atoms with E-state index >= 15 is 0 Å². The number of fused-ring (bicyclic) bond motifs is 1. The maximum atomic E-state index is 14.2. The Morgan fingerprint density at radius 3 is 2.07 bits per heavy atom. The number of nitrogens with one attached hydrogen (secondary N) is 2. The molecule has 5 rings (SSSR count). The zero-order chi connectivity index (χ0) is 39.3. The van der Waals surface area contributed by atoms with Gasteiger partial charge in [0.2, 0.25) is 5.91 Å². The molecular weight excluding hydrogens is 704 g/mol. The predicted molar refractivity (Wildman–Crippen MR) is 205 cm³/mol. The van der Waals surface area contributed by atoms with E-state index in [9.17, 15) is 34.2 Å². The number of esters is 2. The first-order valence-electron chi connectivity index (χ1n) is 19.1. The molecule has 6 atom stereocenters. The number of likely N-dealkylation sites (tertiary alicyclic amines) is 1. The molecule has 0 radical (unpaired) electrons. The Balaban J connectivity index is 1.35. The number of hydrogen-bond donors (Lipinski definition) is 4. The number of anilines is 1. The zero-order valence-corrected chi connectivity index (χ0v) is 31.5. The number of para-hydroxylation sites is 1. The van der Waals surface area contributed by atoms with E-state index in [1.54, 1.807) is 26.0 Å². The van der Waals surface area contributed by atoms with Crippen molar-refractivity contribution < 1.29 is 43.7 Å². The van der Waals surface area contributed by atoms with Gasteiger partial charge in [0.1, 0.15) is 24.7 Å². The molecule has 3 aromatic rings. The summed E-state index contributed by atoms with van der Waals surface area (Å²) in [7, 11) is 0. The van der Waals surface area contributed by atoms with Gasteiger partial charge in [-0.3, -0.25) is 29.8 Å². The zero-order valence-electron chi connectivity index (χ0n) is 31.5. The molecular formula is C42H52N4O9. The fourth-order valence-corrected chi connectivity index (χ4v) is 7.50. The van der Waals surface area contributed by atoms with Gasteiger partial charge in [0.25, 0.3) is 0 Å². The van der Waals surface area contributed by atoms with Gasteiger partial charge >= 0.3 is 23.9 Å². The smallest absolute Gasteiger partial charge is 0.330 e. The Hall–Kier alpha value is -5.27. The lowest BCUT2D eigenvalue weighted by atomic mass is 10.0. The van der Waals surface area contributed by atoms with E-state index in [0.717, 1.165) is 16.7 Å². The summed E-state index contributed by atoms with van der Waals surface area (Å²) in [6, 6.07) is 22.1. The van der Waals surface area contributed by atoms with E-state index in [-0.39, 0.29) is 25.5 Å². The molecule has 0 spiro atoms. The number of aryl methyl sites for hydroxylation is 3. The Morgan fingerprint density at radius 2 is 1.45 bits per heavy atom. The van der Waals surface area contributed by atoms with Crippen LogP contribution in [0.5, 0.6) is 0 Å². The third-order valence-electron chi connectivity index (χ3n) is 10.3. The number of carboxylic acid groups (broad SMARTS) is 2. The average Bonchev–Trinajstić information content (AvgIpc) is 3.63. The van der Waals surface area contributed by atoms with Crippen LogP contribution in [0.1, 0.15) is 62.6 Å². The quantitative estimate of drug-likeness (QED) is 0.138. The van der Waals surface area contributed by atoms with E-state index in [0.29, 0.717) is 50.6 Å². The summed E-state index contributed by atoms with van der Waals surface area (Å²) in [5.41, 5.74) is 3.42. The lowest BCUT2D eigenvalue weighted by molar-refractivity contribution is -0.161. The van der Waals surface area contributed by atoms with Gasteiger partial charge in [-0.05, 0) is 88.0 Å². The number of hydrogen-bond acceptors (Lipinski definition) is 10. The molecule has 2 aliphatic rings. The number of ether oxygens (including phenoxy) is 2. The third kappa shape index (κ3) is 11.1. The maximum Gasteiger partial charge on any atom is 0.330 e. The van der Waals surface area contributed by atoms with Crippen LogP contribution in [-0.2, 0) is 52.7 Å². The molecule has 13 heteroatoms. The predicted octanol–water partition coefficient (Wildman–Crippen LogP) is 3.97. The minimum absolute atomic E-state index is 0.186. The van der Waals surface area contributed by atoms with Crippen LogP contribution < -0.4 is 15.5 Å². The maximum absolute atomic E-state index is 14.2. The van der Waals surface area contributed by atoms with Crippen molar-refractivity contribution in [2.45, 2.75) is 102 Å². The lowest BCUT2D eigenvalue weighted by Gasteiger charge is -2.38. The standard InChI is InChI=1S/C42H52N4O9/c1-3-54-41(52)34(24-21-30-15-8-5-9-16-30)43-28(2)38(49)45-26-12-19-36(45)42(53)55-39-32(44-33(40(50)51)23-20-29-13-6-4-7-14-29)25-22-31-17-10-11-18-35(31)46(39)27-37(47)48/h4-11,13-18,28,32-34,36,39,43-44H,3,12,19-27H2,1-2H3,(H,47,48)(H,50,51)/t28-,32-,33-,34-,36-,39?/m0/s1. The second-order valence-electron chi connectivity index (χ2n) is 14.1. The van der Waals surface area contributed by atoms with Gasteiger partial charge in [-0.25, -0.2) is 4.79 Å². The summed E-state index contributed by atoms with van der Waals surface area (Å²) in [6.07, 6.45) is 2.18. The van der Waals surface area contributed by atoms with Gasteiger partial charge in [0, 0.05) is 12.2 Å². The monoisotopic (exact) mass is 756 g/mol. The second-order valence-corrected chi connectivity index (χ2v) is 14.1. The highest BCUT2D eigenvalue weighted by molar-refractivity contribution is 5.89. The molecule has 1 fully saturated rings. The molecule has 13 nitrogen and oxygen atoms in total. The van der Waals surface area contributed by atoms with Crippen molar-refractivity contribution in [2.24, 2.45) is 0 Å². The van der Waals surface area contributed by atoms with Crippen molar-refractivity contribution in [3.63, 3.8) is 0 Å². The molecule has 2 heterocycles. The minimum atomic E-state index is -1.20. The molecule has 1 amide bonds. The SMILES string of the molecule is CCOC(=O)[C@H](CCc1ccccc1)N[C@@H](C)C(=O)N1CCC[C@H]1C(=O)OC1[C@@H](N[C@@H](CCc2ccccc2)C(=O)O)CCc2ccccc2N1CC(=O)O. The van der Waals surface area contributed by atoms with Crippen LogP contribution in [0.15, 0.2) is 84.9 Å². The summed E-state index contributed by atoms with van der Waals surface area (Å²) in [6.45, 7) is 3.33. The molecule has 0 aliphatic carbocycles. The number of nitrogens with zero attached hydrogens (tertiary/aromatic N) is 2. The van der Waals surface area contributed by atoms with Crippen molar-refractivity contribution in [1.29, 1.82) is 0 Å². The van der Waals surface area contributed by atoms with Gasteiger partial charge in [-0.1, -0.05) is 78.9 Å². The Kier molecular flexibility index (Phi) is 14.8. The van der Waals surface area contributed by atoms with Gasteiger partial charge in [0.05, 0.1) is 18.7 Å². The molecule has 294 valence electrons. The molecule has 4 N–H and O–H groups in total. The molecule has 0 saturated carbocycles. The normalized spacial score (nSPS) is 19.7. The average molecular weight is 757 g/mol.